The van der Waals surface area contributed by atoms with E-state index in [-0.39, 0.29) is 5.56 Å². The molecular formula is C16H12N2O3S. The Morgan fingerprint density at radius 1 is 1.32 bits per heavy atom. The number of benzene rings is 2. The zero-order valence-corrected chi connectivity index (χ0v) is 12.5. The molecule has 0 aliphatic carbocycles. The number of aromatic nitrogens is 1. The maximum Gasteiger partial charge on any atom is 0.335 e. The summed E-state index contributed by atoms with van der Waals surface area (Å²) in [5.41, 5.74) is 1.81. The molecule has 0 fully saturated rings. The van der Waals surface area contributed by atoms with Crippen molar-refractivity contribution in [3.63, 3.8) is 0 Å². The fourth-order valence-corrected chi connectivity index (χ4v) is 2.80. The van der Waals surface area contributed by atoms with Crippen LogP contribution in [0.5, 0.6) is 5.75 Å². The fourth-order valence-electron chi connectivity index (χ4n) is 1.96. The summed E-state index contributed by atoms with van der Waals surface area (Å²) in [7, 11) is 1.62. The molecule has 0 aliphatic heterocycles. The Hall–Kier alpha value is -2.73. The number of carbonyl (C=O) groups is 1. The van der Waals surface area contributed by atoms with E-state index in [9.17, 15) is 4.79 Å². The second-order valence-electron chi connectivity index (χ2n) is 4.52. The van der Waals surface area contributed by atoms with E-state index >= 15 is 0 Å². The standard InChI is InChI=1S/C16H12N2O3S/c1-21-12-5-6-13-14(8-12)22-16(18-13)17-9-10-3-2-4-11(7-10)15(19)20/h2-9H,1H3,(H,19,20). The Kier molecular flexibility index (Phi) is 3.84. The normalized spacial score (nSPS) is 11.1. The van der Waals surface area contributed by atoms with E-state index in [0.29, 0.717) is 5.13 Å². The molecule has 0 saturated carbocycles. The summed E-state index contributed by atoms with van der Waals surface area (Å²) >= 11 is 1.45. The molecule has 5 nitrogen and oxygen atoms in total. The minimum Gasteiger partial charge on any atom is -0.497 e. The minimum atomic E-state index is -0.956. The van der Waals surface area contributed by atoms with Crippen LogP contribution in [0.4, 0.5) is 5.13 Å². The number of hydrogen-bond donors (Lipinski definition) is 1. The van der Waals surface area contributed by atoms with Gasteiger partial charge >= 0.3 is 5.97 Å². The summed E-state index contributed by atoms with van der Waals surface area (Å²) in [6.07, 6.45) is 1.61. The van der Waals surface area contributed by atoms with Crippen LogP contribution in [0, 0.1) is 0 Å². The Bertz CT molecular complexity index is 871. The number of nitrogens with zero attached hydrogens (tertiary/aromatic N) is 2. The van der Waals surface area contributed by atoms with Crippen LogP contribution < -0.4 is 4.74 Å². The number of fused-ring (bicyclic) bond motifs is 1. The Balaban J connectivity index is 1.89. The van der Waals surface area contributed by atoms with Gasteiger partial charge in [0.25, 0.3) is 0 Å². The van der Waals surface area contributed by atoms with Crippen LogP contribution in [0.2, 0.25) is 0 Å². The van der Waals surface area contributed by atoms with Gasteiger partial charge in [-0.2, -0.15) is 0 Å². The predicted octanol–water partition coefficient (Wildman–Crippen LogP) is 3.75. The lowest BCUT2D eigenvalue weighted by atomic mass is 10.1. The lowest BCUT2D eigenvalue weighted by Crippen LogP contribution is -1.96. The molecule has 1 heterocycles. The fraction of sp³-hybridized carbons (Fsp3) is 0.0625. The molecule has 0 amide bonds. The Morgan fingerprint density at radius 2 is 2.18 bits per heavy atom. The minimum absolute atomic E-state index is 0.234. The molecule has 0 unspecified atom stereocenters. The number of carboxylic acids is 1. The van der Waals surface area contributed by atoms with Crippen LogP contribution in [-0.4, -0.2) is 29.4 Å². The average Bonchev–Trinajstić information content (AvgIpc) is 2.95. The van der Waals surface area contributed by atoms with E-state index in [2.05, 4.69) is 9.98 Å². The van der Waals surface area contributed by atoms with Gasteiger partial charge in [-0.05, 0) is 35.9 Å². The summed E-state index contributed by atoms with van der Waals surface area (Å²) in [5.74, 6) is -0.178. The van der Waals surface area contributed by atoms with Gasteiger partial charge in [0.2, 0.25) is 5.13 Å². The van der Waals surface area contributed by atoms with Gasteiger partial charge < -0.3 is 9.84 Å². The van der Waals surface area contributed by atoms with Gasteiger partial charge in [-0.25, -0.2) is 14.8 Å². The van der Waals surface area contributed by atoms with Crippen molar-refractivity contribution in [2.24, 2.45) is 4.99 Å². The Morgan fingerprint density at radius 3 is 2.95 bits per heavy atom. The third-order valence-electron chi connectivity index (χ3n) is 3.04. The summed E-state index contributed by atoms with van der Waals surface area (Å²) in [6, 6.07) is 12.3. The highest BCUT2D eigenvalue weighted by Gasteiger charge is 2.04. The van der Waals surface area contributed by atoms with Gasteiger partial charge in [0, 0.05) is 6.21 Å². The molecule has 0 radical (unpaired) electrons. The van der Waals surface area contributed by atoms with Crippen molar-refractivity contribution < 1.29 is 14.6 Å². The molecule has 22 heavy (non-hydrogen) atoms. The number of rotatable bonds is 4. The van der Waals surface area contributed by atoms with E-state index in [1.807, 2.05) is 18.2 Å². The van der Waals surface area contributed by atoms with Crippen molar-refractivity contribution in [2.45, 2.75) is 0 Å². The van der Waals surface area contributed by atoms with Crippen molar-refractivity contribution in [1.29, 1.82) is 0 Å². The molecule has 3 rings (SSSR count). The summed E-state index contributed by atoms with van der Waals surface area (Å²) in [6.45, 7) is 0. The molecule has 1 aromatic heterocycles. The molecule has 110 valence electrons. The third-order valence-corrected chi connectivity index (χ3v) is 3.97. The maximum absolute atomic E-state index is 10.9. The van der Waals surface area contributed by atoms with Crippen LogP contribution in [0.25, 0.3) is 10.2 Å². The number of hydrogen-bond acceptors (Lipinski definition) is 5. The zero-order valence-electron chi connectivity index (χ0n) is 11.7. The van der Waals surface area contributed by atoms with Gasteiger partial charge in [-0.15, -0.1) is 0 Å². The Labute approximate surface area is 130 Å². The summed E-state index contributed by atoms with van der Waals surface area (Å²) in [5, 5.41) is 9.59. The molecule has 2 aromatic carbocycles. The molecule has 6 heteroatoms. The van der Waals surface area contributed by atoms with E-state index in [1.165, 1.54) is 11.3 Å². The van der Waals surface area contributed by atoms with Gasteiger partial charge in [0.05, 0.1) is 22.9 Å². The van der Waals surface area contributed by atoms with Crippen LogP contribution >= 0.6 is 11.3 Å². The van der Waals surface area contributed by atoms with Crippen LogP contribution in [0.15, 0.2) is 47.5 Å². The van der Waals surface area contributed by atoms with E-state index in [4.69, 9.17) is 9.84 Å². The van der Waals surface area contributed by atoms with E-state index < -0.39 is 5.97 Å². The number of thiazole rings is 1. The van der Waals surface area contributed by atoms with Crippen LogP contribution in [-0.2, 0) is 0 Å². The molecule has 0 saturated heterocycles. The summed E-state index contributed by atoms with van der Waals surface area (Å²) in [4.78, 5) is 19.7. The highest BCUT2D eigenvalue weighted by Crippen LogP contribution is 2.30. The lowest BCUT2D eigenvalue weighted by molar-refractivity contribution is 0.0697. The second kappa shape index (κ2) is 5.95. The average molecular weight is 312 g/mol. The predicted molar refractivity (Wildman–Crippen MR) is 86.8 cm³/mol. The quantitative estimate of drug-likeness (QED) is 0.745. The first-order valence-corrected chi connectivity index (χ1v) is 7.29. The second-order valence-corrected chi connectivity index (χ2v) is 5.53. The maximum atomic E-state index is 10.9. The number of aromatic carboxylic acids is 1. The van der Waals surface area contributed by atoms with Crippen molar-refractivity contribution in [2.75, 3.05) is 7.11 Å². The van der Waals surface area contributed by atoms with E-state index in [1.54, 1.807) is 37.6 Å². The molecular weight excluding hydrogens is 300 g/mol. The third kappa shape index (κ3) is 2.96. The first-order chi connectivity index (χ1) is 10.7. The highest BCUT2D eigenvalue weighted by atomic mass is 32.1. The molecule has 0 aliphatic rings. The number of aliphatic imine (C=N–C) groups is 1. The van der Waals surface area contributed by atoms with Gasteiger partial charge in [0.15, 0.2) is 0 Å². The first-order valence-electron chi connectivity index (χ1n) is 6.48. The molecule has 0 bridgehead atoms. The molecule has 0 spiro atoms. The summed E-state index contributed by atoms with van der Waals surface area (Å²) < 4.78 is 6.17. The lowest BCUT2D eigenvalue weighted by Gasteiger charge is -1.96. The van der Waals surface area contributed by atoms with Gasteiger partial charge in [-0.1, -0.05) is 23.5 Å². The highest BCUT2D eigenvalue weighted by molar-refractivity contribution is 7.22. The molecule has 1 N–H and O–H groups in total. The molecule has 0 atom stereocenters. The van der Waals surface area contributed by atoms with Crippen molar-refractivity contribution in [1.82, 2.24) is 4.98 Å². The van der Waals surface area contributed by atoms with Crippen molar-refractivity contribution in [3.05, 3.63) is 53.6 Å². The monoisotopic (exact) mass is 312 g/mol. The smallest absolute Gasteiger partial charge is 0.335 e. The van der Waals surface area contributed by atoms with Gasteiger partial charge in [-0.3, -0.25) is 0 Å². The molecule has 3 aromatic rings. The SMILES string of the molecule is COc1ccc2nc(N=Cc3cccc(C(=O)O)c3)sc2c1. The van der Waals surface area contributed by atoms with Crippen molar-refractivity contribution in [3.8, 4) is 5.75 Å². The number of methoxy groups -OCH3 is 1. The number of ether oxygens (including phenoxy) is 1. The van der Waals surface area contributed by atoms with Crippen LogP contribution in [0.3, 0.4) is 0 Å². The topological polar surface area (TPSA) is 71.8 Å². The van der Waals surface area contributed by atoms with Crippen LogP contribution in [0.1, 0.15) is 15.9 Å². The largest absolute Gasteiger partial charge is 0.497 e. The van der Waals surface area contributed by atoms with E-state index in [0.717, 1.165) is 21.5 Å². The number of carboxylic acid groups (broad SMARTS) is 1. The van der Waals surface area contributed by atoms with Crippen molar-refractivity contribution >= 4 is 38.9 Å². The zero-order chi connectivity index (χ0) is 15.5. The van der Waals surface area contributed by atoms with Gasteiger partial charge in [0.1, 0.15) is 5.75 Å². The first kappa shape index (κ1) is 14.2.